The Hall–Kier alpha value is -0.540. The van der Waals surface area contributed by atoms with Crippen molar-refractivity contribution < 1.29 is 9.84 Å². The van der Waals surface area contributed by atoms with Crippen LogP contribution in [0.4, 0.5) is 0 Å². The van der Waals surface area contributed by atoms with E-state index in [9.17, 15) is 0 Å². The fourth-order valence-corrected chi connectivity index (χ4v) is 0.925. The van der Waals surface area contributed by atoms with Gasteiger partial charge in [0.1, 0.15) is 5.76 Å². The topological polar surface area (TPSA) is 55.5 Å². The van der Waals surface area contributed by atoms with E-state index in [1.165, 1.54) is 0 Å². The van der Waals surface area contributed by atoms with Crippen LogP contribution in [0, 0.1) is 0 Å². The van der Waals surface area contributed by atoms with E-state index in [1.54, 1.807) is 0 Å². The lowest BCUT2D eigenvalue weighted by molar-refractivity contribution is 0.153. The minimum atomic E-state index is -0.319. The van der Waals surface area contributed by atoms with Gasteiger partial charge in [-0.05, 0) is 18.9 Å². The van der Waals surface area contributed by atoms with Crippen LogP contribution in [0.3, 0.4) is 0 Å². The van der Waals surface area contributed by atoms with E-state index in [4.69, 9.17) is 15.6 Å². The fourth-order valence-electron chi connectivity index (χ4n) is 0.925. The van der Waals surface area contributed by atoms with E-state index < -0.39 is 0 Å². The molecule has 1 unspecified atom stereocenters. The van der Waals surface area contributed by atoms with Crippen molar-refractivity contribution in [2.75, 3.05) is 13.2 Å². The van der Waals surface area contributed by atoms with Gasteiger partial charge in [0.2, 0.25) is 0 Å². The van der Waals surface area contributed by atoms with E-state index >= 15 is 0 Å². The Morgan fingerprint density at radius 3 is 3.10 bits per heavy atom. The normalized spacial score (nSPS) is 21.2. The second-order valence-corrected chi connectivity index (χ2v) is 2.39. The SMILES string of the molecule is NC(CO)C1=CCCCO1. The summed E-state index contributed by atoms with van der Waals surface area (Å²) in [5, 5.41) is 8.64. The lowest BCUT2D eigenvalue weighted by Crippen LogP contribution is -2.29. The highest BCUT2D eigenvalue weighted by molar-refractivity contribution is 5.03. The summed E-state index contributed by atoms with van der Waals surface area (Å²) in [7, 11) is 0. The monoisotopic (exact) mass is 143 g/mol. The summed E-state index contributed by atoms with van der Waals surface area (Å²) >= 11 is 0. The maximum Gasteiger partial charge on any atom is 0.111 e. The molecule has 0 aromatic heterocycles. The number of rotatable bonds is 2. The van der Waals surface area contributed by atoms with E-state index in [0.717, 1.165) is 25.2 Å². The van der Waals surface area contributed by atoms with Crippen molar-refractivity contribution in [3.8, 4) is 0 Å². The molecule has 0 aromatic rings. The van der Waals surface area contributed by atoms with Crippen LogP contribution in [0.25, 0.3) is 0 Å². The lowest BCUT2D eigenvalue weighted by Gasteiger charge is -2.18. The molecule has 1 rings (SSSR count). The third-order valence-electron chi connectivity index (χ3n) is 1.52. The standard InChI is InChI=1S/C7H13NO2/c8-6(5-9)7-3-1-2-4-10-7/h3,6,9H,1-2,4-5,8H2. The molecule has 3 heteroatoms. The maximum absolute atomic E-state index is 8.64. The molecule has 1 aliphatic rings. The van der Waals surface area contributed by atoms with Gasteiger partial charge in [-0.25, -0.2) is 0 Å². The number of aliphatic hydroxyl groups excluding tert-OH is 1. The van der Waals surface area contributed by atoms with Gasteiger partial charge in [0.15, 0.2) is 0 Å². The van der Waals surface area contributed by atoms with Gasteiger partial charge in [-0.15, -0.1) is 0 Å². The molecule has 0 bridgehead atoms. The molecule has 1 aliphatic heterocycles. The van der Waals surface area contributed by atoms with Gasteiger partial charge in [0, 0.05) is 0 Å². The molecule has 0 saturated heterocycles. The molecule has 0 saturated carbocycles. The van der Waals surface area contributed by atoms with E-state index in [0.29, 0.717) is 0 Å². The smallest absolute Gasteiger partial charge is 0.111 e. The van der Waals surface area contributed by atoms with Gasteiger partial charge in [-0.1, -0.05) is 0 Å². The number of ether oxygens (including phenoxy) is 1. The van der Waals surface area contributed by atoms with Crippen LogP contribution in [0.15, 0.2) is 11.8 Å². The number of nitrogens with two attached hydrogens (primary N) is 1. The average Bonchev–Trinajstić information content (AvgIpc) is 2.05. The Balaban J connectivity index is 2.44. The number of aliphatic hydroxyl groups is 1. The third kappa shape index (κ3) is 1.72. The zero-order chi connectivity index (χ0) is 7.40. The van der Waals surface area contributed by atoms with Crippen LogP contribution >= 0.6 is 0 Å². The predicted molar refractivity (Wildman–Crippen MR) is 38.3 cm³/mol. The van der Waals surface area contributed by atoms with Gasteiger partial charge in [0.05, 0.1) is 19.3 Å². The molecule has 10 heavy (non-hydrogen) atoms. The quantitative estimate of drug-likeness (QED) is 0.572. The van der Waals surface area contributed by atoms with Crippen LogP contribution in [0.2, 0.25) is 0 Å². The summed E-state index contributed by atoms with van der Waals surface area (Å²) in [6.45, 7) is 0.700. The van der Waals surface area contributed by atoms with Crippen molar-refractivity contribution in [1.29, 1.82) is 0 Å². The minimum Gasteiger partial charge on any atom is -0.497 e. The highest BCUT2D eigenvalue weighted by Gasteiger charge is 2.11. The van der Waals surface area contributed by atoms with Gasteiger partial charge in [-0.2, -0.15) is 0 Å². The predicted octanol–water partition coefficient (Wildman–Crippen LogP) is 0.000300. The Labute approximate surface area is 60.5 Å². The van der Waals surface area contributed by atoms with Crippen molar-refractivity contribution >= 4 is 0 Å². The van der Waals surface area contributed by atoms with Crippen LogP contribution in [0.1, 0.15) is 12.8 Å². The summed E-state index contributed by atoms with van der Waals surface area (Å²) in [6.07, 6.45) is 4.02. The molecule has 58 valence electrons. The molecular weight excluding hydrogens is 130 g/mol. The first-order valence-electron chi connectivity index (χ1n) is 3.54. The van der Waals surface area contributed by atoms with E-state index in [1.807, 2.05) is 6.08 Å². The maximum atomic E-state index is 8.64. The summed E-state index contributed by atoms with van der Waals surface area (Å²) < 4.78 is 5.21. The van der Waals surface area contributed by atoms with Crippen LogP contribution < -0.4 is 5.73 Å². The van der Waals surface area contributed by atoms with Crippen molar-refractivity contribution in [1.82, 2.24) is 0 Å². The van der Waals surface area contributed by atoms with Crippen molar-refractivity contribution in [3.63, 3.8) is 0 Å². The molecular formula is C7H13NO2. The second-order valence-electron chi connectivity index (χ2n) is 2.39. The fraction of sp³-hybridized carbons (Fsp3) is 0.714. The molecule has 1 atom stereocenters. The zero-order valence-corrected chi connectivity index (χ0v) is 5.92. The van der Waals surface area contributed by atoms with E-state index in [2.05, 4.69) is 0 Å². The zero-order valence-electron chi connectivity index (χ0n) is 5.92. The largest absolute Gasteiger partial charge is 0.497 e. The van der Waals surface area contributed by atoms with Gasteiger partial charge >= 0.3 is 0 Å². The molecule has 3 N–H and O–H groups in total. The highest BCUT2D eigenvalue weighted by Crippen LogP contribution is 2.11. The summed E-state index contributed by atoms with van der Waals surface area (Å²) in [5.74, 6) is 0.744. The molecule has 3 nitrogen and oxygen atoms in total. The number of hydrogen-bond donors (Lipinski definition) is 2. The Morgan fingerprint density at radius 2 is 2.60 bits per heavy atom. The van der Waals surface area contributed by atoms with Crippen LogP contribution in [0.5, 0.6) is 0 Å². The Bertz CT molecular complexity index is 134. The van der Waals surface area contributed by atoms with Crippen molar-refractivity contribution in [3.05, 3.63) is 11.8 Å². The second kappa shape index (κ2) is 3.58. The lowest BCUT2D eigenvalue weighted by atomic mass is 10.2. The third-order valence-corrected chi connectivity index (χ3v) is 1.52. The molecule has 0 fully saturated rings. The Kier molecular flexibility index (Phi) is 2.71. The van der Waals surface area contributed by atoms with Gasteiger partial charge in [-0.3, -0.25) is 0 Å². The molecule has 0 amide bonds. The first kappa shape index (κ1) is 7.57. The molecule has 0 radical (unpaired) electrons. The highest BCUT2D eigenvalue weighted by atomic mass is 16.5. The number of allylic oxidation sites excluding steroid dienone is 1. The first-order chi connectivity index (χ1) is 4.84. The molecule has 0 aromatic carbocycles. The summed E-state index contributed by atoms with van der Waals surface area (Å²) in [4.78, 5) is 0. The number of hydrogen-bond acceptors (Lipinski definition) is 3. The van der Waals surface area contributed by atoms with Gasteiger partial charge < -0.3 is 15.6 Å². The minimum absolute atomic E-state index is 0.0359. The van der Waals surface area contributed by atoms with Crippen molar-refractivity contribution in [2.45, 2.75) is 18.9 Å². The average molecular weight is 143 g/mol. The van der Waals surface area contributed by atoms with E-state index in [-0.39, 0.29) is 12.6 Å². The molecule has 0 aliphatic carbocycles. The van der Waals surface area contributed by atoms with Crippen LogP contribution in [-0.4, -0.2) is 24.4 Å². The van der Waals surface area contributed by atoms with Crippen LogP contribution in [-0.2, 0) is 4.74 Å². The van der Waals surface area contributed by atoms with Crippen molar-refractivity contribution in [2.24, 2.45) is 5.73 Å². The summed E-state index contributed by atoms with van der Waals surface area (Å²) in [5.41, 5.74) is 5.50. The van der Waals surface area contributed by atoms with Gasteiger partial charge in [0.25, 0.3) is 0 Å². The summed E-state index contributed by atoms with van der Waals surface area (Å²) in [6, 6.07) is -0.319. The molecule has 0 spiro atoms. The first-order valence-corrected chi connectivity index (χ1v) is 3.54. The molecule has 1 heterocycles. The Morgan fingerprint density at radius 1 is 1.80 bits per heavy atom.